The quantitative estimate of drug-likeness (QED) is 0.660. The highest BCUT2D eigenvalue weighted by atomic mass is 32.2. The van der Waals surface area contributed by atoms with Crippen LogP contribution in [-0.2, 0) is 10.0 Å². The van der Waals surface area contributed by atoms with E-state index < -0.39 is 16.1 Å². The molecule has 1 aliphatic rings. The highest BCUT2D eigenvalue weighted by Gasteiger charge is 2.40. The van der Waals surface area contributed by atoms with E-state index in [9.17, 15) is 8.42 Å². The number of hydrogen-bond acceptors (Lipinski definition) is 5. The smallest absolute Gasteiger partial charge is 0.245 e. The average molecular weight is 398 g/mol. The fourth-order valence-electron chi connectivity index (χ4n) is 3.58. The molecule has 2 heterocycles. The third-order valence-corrected chi connectivity index (χ3v) is 7.22. The Labute approximate surface area is 165 Å². The summed E-state index contributed by atoms with van der Waals surface area (Å²) < 4.78 is 33.7. The van der Waals surface area contributed by atoms with Crippen LogP contribution in [-0.4, -0.2) is 29.4 Å². The molecule has 0 spiro atoms. The van der Waals surface area contributed by atoms with Gasteiger partial charge in [-0.15, -0.1) is 0 Å². The SMILES string of the molecule is Cc1ccc(-c2noc([C@@H]3CCCN3S(=O)(=O)c3cc(C)ccc3C)n2)cc1. The van der Waals surface area contributed by atoms with Gasteiger partial charge in [0.15, 0.2) is 0 Å². The normalized spacial score (nSPS) is 17.9. The minimum Gasteiger partial charge on any atom is -0.337 e. The van der Waals surface area contributed by atoms with Crippen molar-refractivity contribution in [3.05, 3.63) is 65.0 Å². The van der Waals surface area contributed by atoms with E-state index in [1.54, 1.807) is 6.07 Å². The first-order valence-electron chi connectivity index (χ1n) is 9.36. The van der Waals surface area contributed by atoms with E-state index in [0.717, 1.165) is 28.7 Å². The average Bonchev–Trinajstić information content (AvgIpc) is 3.33. The van der Waals surface area contributed by atoms with E-state index in [-0.39, 0.29) is 0 Å². The first-order chi connectivity index (χ1) is 13.4. The van der Waals surface area contributed by atoms with Crippen LogP contribution in [0.5, 0.6) is 0 Å². The third-order valence-electron chi connectivity index (χ3n) is 5.17. The predicted molar refractivity (Wildman–Crippen MR) is 106 cm³/mol. The summed E-state index contributed by atoms with van der Waals surface area (Å²) in [5.74, 6) is 0.827. The molecule has 0 unspecified atom stereocenters. The highest BCUT2D eigenvalue weighted by Crippen LogP contribution is 2.37. The van der Waals surface area contributed by atoms with Crippen LogP contribution >= 0.6 is 0 Å². The Morgan fingerprint density at radius 2 is 1.75 bits per heavy atom. The number of benzene rings is 2. The lowest BCUT2D eigenvalue weighted by molar-refractivity contribution is 0.290. The summed E-state index contributed by atoms with van der Waals surface area (Å²) in [7, 11) is -3.64. The topological polar surface area (TPSA) is 76.3 Å². The van der Waals surface area contributed by atoms with E-state index >= 15 is 0 Å². The van der Waals surface area contributed by atoms with Gasteiger partial charge in [-0.3, -0.25) is 0 Å². The Morgan fingerprint density at radius 1 is 1.04 bits per heavy atom. The molecule has 2 aromatic carbocycles. The number of sulfonamides is 1. The molecular weight excluding hydrogens is 374 g/mol. The van der Waals surface area contributed by atoms with Crippen molar-refractivity contribution in [3.8, 4) is 11.4 Å². The molecule has 1 aliphatic heterocycles. The highest BCUT2D eigenvalue weighted by molar-refractivity contribution is 7.89. The van der Waals surface area contributed by atoms with E-state index in [1.807, 2.05) is 57.2 Å². The molecule has 6 nitrogen and oxygen atoms in total. The maximum Gasteiger partial charge on any atom is 0.245 e. The van der Waals surface area contributed by atoms with Crippen LogP contribution in [0.3, 0.4) is 0 Å². The van der Waals surface area contributed by atoms with Gasteiger partial charge in [0.1, 0.15) is 6.04 Å². The van der Waals surface area contributed by atoms with Crippen LogP contribution < -0.4 is 0 Å². The van der Waals surface area contributed by atoms with E-state index in [4.69, 9.17) is 4.52 Å². The molecule has 3 aromatic rings. The van der Waals surface area contributed by atoms with Crippen LogP contribution in [0, 0.1) is 20.8 Å². The summed E-state index contributed by atoms with van der Waals surface area (Å²) in [6.07, 6.45) is 1.43. The minimum atomic E-state index is -3.64. The zero-order valence-corrected chi connectivity index (χ0v) is 17.0. The van der Waals surface area contributed by atoms with Crippen LogP contribution in [0.15, 0.2) is 51.9 Å². The molecule has 0 radical (unpaired) electrons. The monoisotopic (exact) mass is 397 g/mol. The molecule has 1 aromatic heterocycles. The fourth-order valence-corrected chi connectivity index (χ4v) is 5.54. The number of rotatable bonds is 4. The lowest BCUT2D eigenvalue weighted by Gasteiger charge is -2.22. The third kappa shape index (κ3) is 3.36. The minimum absolute atomic E-state index is 0.345. The zero-order valence-electron chi connectivity index (χ0n) is 16.2. The van der Waals surface area contributed by atoms with Gasteiger partial charge in [-0.05, 0) is 50.8 Å². The van der Waals surface area contributed by atoms with Gasteiger partial charge >= 0.3 is 0 Å². The van der Waals surface area contributed by atoms with E-state index in [2.05, 4.69) is 10.1 Å². The van der Waals surface area contributed by atoms with Gasteiger partial charge in [0, 0.05) is 12.1 Å². The lowest BCUT2D eigenvalue weighted by Crippen LogP contribution is -2.31. The summed E-state index contributed by atoms with van der Waals surface area (Å²) in [5, 5.41) is 4.07. The van der Waals surface area contributed by atoms with Crippen molar-refractivity contribution >= 4 is 10.0 Å². The Balaban J connectivity index is 1.67. The fraction of sp³-hybridized carbons (Fsp3) is 0.333. The molecule has 28 heavy (non-hydrogen) atoms. The van der Waals surface area contributed by atoms with Crippen molar-refractivity contribution < 1.29 is 12.9 Å². The van der Waals surface area contributed by atoms with Crippen LogP contribution in [0.2, 0.25) is 0 Å². The molecule has 4 rings (SSSR count). The second-order valence-electron chi connectivity index (χ2n) is 7.36. The van der Waals surface area contributed by atoms with Crippen molar-refractivity contribution in [2.24, 2.45) is 0 Å². The molecule has 0 saturated carbocycles. The molecule has 0 aliphatic carbocycles. The first-order valence-corrected chi connectivity index (χ1v) is 10.8. The maximum absolute atomic E-state index is 13.3. The number of aromatic nitrogens is 2. The summed E-state index contributed by atoms with van der Waals surface area (Å²) in [6.45, 7) is 6.17. The molecule has 146 valence electrons. The van der Waals surface area contributed by atoms with E-state index in [0.29, 0.717) is 29.6 Å². The molecule has 1 atom stereocenters. The summed E-state index contributed by atoms with van der Waals surface area (Å²) in [6, 6.07) is 12.9. The summed E-state index contributed by atoms with van der Waals surface area (Å²) in [5.41, 5.74) is 3.65. The predicted octanol–water partition coefficient (Wildman–Crippen LogP) is 4.19. The number of nitrogens with zero attached hydrogens (tertiary/aromatic N) is 3. The van der Waals surface area contributed by atoms with Gasteiger partial charge < -0.3 is 4.52 Å². The van der Waals surface area contributed by atoms with Crippen molar-refractivity contribution in [1.82, 2.24) is 14.4 Å². The maximum atomic E-state index is 13.3. The number of aryl methyl sites for hydroxylation is 3. The Kier molecular flexibility index (Phi) is 4.81. The van der Waals surface area contributed by atoms with Gasteiger partial charge in [0.05, 0.1) is 4.90 Å². The largest absolute Gasteiger partial charge is 0.337 e. The Morgan fingerprint density at radius 3 is 2.50 bits per heavy atom. The molecule has 7 heteroatoms. The van der Waals surface area contributed by atoms with Crippen LogP contribution in [0.1, 0.15) is 41.5 Å². The Hall–Kier alpha value is -2.51. The molecular formula is C21H23N3O3S. The van der Waals surface area contributed by atoms with Gasteiger partial charge in [-0.2, -0.15) is 9.29 Å². The van der Waals surface area contributed by atoms with Gasteiger partial charge in [0.25, 0.3) is 0 Å². The van der Waals surface area contributed by atoms with Gasteiger partial charge in [-0.25, -0.2) is 8.42 Å². The summed E-state index contributed by atoms with van der Waals surface area (Å²) >= 11 is 0. The second-order valence-corrected chi connectivity index (χ2v) is 9.22. The second kappa shape index (κ2) is 7.14. The zero-order chi connectivity index (χ0) is 19.9. The molecule has 1 fully saturated rings. The molecule has 1 saturated heterocycles. The number of hydrogen-bond donors (Lipinski definition) is 0. The standard InChI is InChI=1S/C21H23N3O3S/c1-14-7-10-17(11-8-14)20-22-21(27-23-20)18-5-4-12-24(18)28(25,26)19-13-15(2)6-9-16(19)3/h6-11,13,18H,4-5,12H2,1-3H3/t18-/m0/s1. The van der Waals surface area contributed by atoms with Crippen LogP contribution in [0.25, 0.3) is 11.4 Å². The molecule has 0 amide bonds. The van der Waals surface area contributed by atoms with Gasteiger partial charge in [-0.1, -0.05) is 47.1 Å². The first kappa shape index (κ1) is 18.8. The molecule has 0 N–H and O–H groups in total. The summed E-state index contributed by atoms with van der Waals surface area (Å²) in [4.78, 5) is 4.85. The van der Waals surface area contributed by atoms with Crippen molar-refractivity contribution in [2.75, 3.05) is 6.54 Å². The van der Waals surface area contributed by atoms with Crippen molar-refractivity contribution in [1.29, 1.82) is 0 Å². The lowest BCUT2D eigenvalue weighted by atomic mass is 10.1. The van der Waals surface area contributed by atoms with Crippen LogP contribution in [0.4, 0.5) is 0 Å². The van der Waals surface area contributed by atoms with Crippen molar-refractivity contribution in [3.63, 3.8) is 0 Å². The Bertz CT molecular complexity index is 1100. The van der Waals surface area contributed by atoms with Gasteiger partial charge in [0.2, 0.25) is 21.7 Å². The van der Waals surface area contributed by atoms with Crippen molar-refractivity contribution in [2.45, 2.75) is 44.6 Å². The van der Waals surface area contributed by atoms with E-state index in [1.165, 1.54) is 4.31 Å². The molecule has 0 bridgehead atoms.